The fourth-order valence-corrected chi connectivity index (χ4v) is 9.35. The van der Waals surface area contributed by atoms with Crippen molar-refractivity contribution >= 4 is 5.97 Å². The number of hydrogen-bond donors (Lipinski definition) is 2. The van der Waals surface area contributed by atoms with E-state index in [-0.39, 0.29) is 5.97 Å². The van der Waals surface area contributed by atoms with Crippen LogP contribution in [0.4, 0.5) is 0 Å². The third-order valence-electron chi connectivity index (χ3n) is 13.4. The van der Waals surface area contributed by atoms with Crippen LogP contribution < -0.4 is 23.7 Å². The van der Waals surface area contributed by atoms with Gasteiger partial charge in [0.2, 0.25) is 0 Å². The normalized spacial score (nSPS) is 12.0. The van der Waals surface area contributed by atoms with E-state index in [2.05, 4.69) is 96.3 Å². The standard InChI is InChI=1S/C61H62N4O7/c1-38(2)61(66)72-33-11-9-8-10-32-71-49-28-22-45(23-29-49)56-55(44-20-26-48(67-4)27-21-44)62-59(63-56)50-35-40-12-13-41-15-17-43(19-18-42(50)16-14-40)51(36-41)60-64-57(46-24-30-52(68-5)39(3)34-46)58(65-60)47-25-31-53(69-6)54(37-47)70-7/h14-17,20-31,34-37H,1,8-13,18-19,32-33H2,2-7H3,(H,62,63)(H,64,65). The van der Waals surface area contributed by atoms with Crippen LogP contribution in [-0.4, -0.2) is 67.6 Å². The smallest absolute Gasteiger partial charge is 0.333 e. The zero-order chi connectivity index (χ0) is 50.1. The van der Waals surface area contributed by atoms with Gasteiger partial charge in [-0.2, -0.15) is 0 Å². The van der Waals surface area contributed by atoms with Crippen molar-refractivity contribution in [3.63, 3.8) is 0 Å². The molecule has 2 N–H and O–H groups in total. The van der Waals surface area contributed by atoms with E-state index >= 15 is 0 Å². The number of carbonyl (C=O) groups excluding carboxylic acids is 1. The summed E-state index contributed by atoms with van der Waals surface area (Å²) < 4.78 is 33.9. The Balaban J connectivity index is 1.01. The Morgan fingerprint density at radius 3 is 1.64 bits per heavy atom. The lowest BCUT2D eigenvalue weighted by molar-refractivity contribution is -0.139. The predicted octanol–water partition coefficient (Wildman–Crippen LogP) is 13.4. The molecule has 4 aliphatic rings. The molecule has 2 heterocycles. The molecule has 12 rings (SSSR count). The van der Waals surface area contributed by atoms with Crippen LogP contribution in [0.1, 0.15) is 60.4 Å². The molecule has 11 heteroatoms. The largest absolute Gasteiger partial charge is 0.497 e. The van der Waals surface area contributed by atoms with Gasteiger partial charge in [-0.25, -0.2) is 14.8 Å². The zero-order valence-corrected chi connectivity index (χ0v) is 42.1. The number of nitrogens with one attached hydrogen (secondary N) is 2. The van der Waals surface area contributed by atoms with Gasteiger partial charge in [-0.3, -0.25) is 0 Å². The van der Waals surface area contributed by atoms with Crippen LogP contribution in [0.15, 0.2) is 133 Å². The summed E-state index contributed by atoms with van der Waals surface area (Å²) >= 11 is 0. The number of H-pyrrole nitrogens is 2. The van der Waals surface area contributed by atoms with Crippen LogP contribution in [-0.2, 0) is 35.2 Å². The molecule has 8 aromatic rings. The monoisotopic (exact) mass is 962 g/mol. The molecule has 0 aliphatic heterocycles. The predicted molar refractivity (Wildman–Crippen MR) is 285 cm³/mol. The number of esters is 1. The second-order valence-corrected chi connectivity index (χ2v) is 18.3. The maximum absolute atomic E-state index is 11.6. The Morgan fingerprint density at radius 2 is 1.06 bits per heavy atom. The molecular weight excluding hydrogens is 901 g/mol. The van der Waals surface area contributed by atoms with Gasteiger partial charge in [-0.15, -0.1) is 0 Å². The highest BCUT2D eigenvalue weighted by Crippen LogP contribution is 2.41. The minimum Gasteiger partial charge on any atom is -0.497 e. The Labute approximate surface area is 422 Å². The molecule has 0 radical (unpaired) electrons. The third-order valence-corrected chi connectivity index (χ3v) is 13.4. The average molecular weight is 963 g/mol. The first-order valence-electron chi connectivity index (χ1n) is 24.6. The van der Waals surface area contributed by atoms with Crippen LogP contribution >= 0.6 is 0 Å². The molecule has 4 aliphatic carbocycles. The highest BCUT2D eigenvalue weighted by Gasteiger charge is 2.23. The average Bonchev–Trinajstić information content (AvgIpc) is 4.06. The van der Waals surface area contributed by atoms with E-state index in [0.29, 0.717) is 30.3 Å². The summed E-state index contributed by atoms with van der Waals surface area (Å²) in [5.74, 6) is 5.00. The number of benzene rings is 6. The van der Waals surface area contributed by atoms with E-state index in [1.165, 1.54) is 22.3 Å². The van der Waals surface area contributed by atoms with Gasteiger partial charge in [0.15, 0.2) is 11.5 Å². The van der Waals surface area contributed by atoms with Crippen molar-refractivity contribution in [2.75, 3.05) is 41.7 Å². The van der Waals surface area contributed by atoms with Gasteiger partial charge in [0.05, 0.1) is 64.4 Å². The second-order valence-electron chi connectivity index (χ2n) is 18.3. The zero-order valence-electron chi connectivity index (χ0n) is 42.1. The Morgan fingerprint density at radius 1 is 0.528 bits per heavy atom. The van der Waals surface area contributed by atoms with Gasteiger partial charge in [0.1, 0.15) is 28.9 Å². The molecule has 368 valence electrons. The maximum Gasteiger partial charge on any atom is 0.333 e. The number of carbonyl (C=O) groups is 1. The molecule has 0 saturated heterocycles. The Hall–Kier alpha value is -8.05. The van der Waals surface area contributed by atoms with Crippen molar-refractivity contribution < 1.29 is 33.2 Å². The quantitative estimate of drug-likeness (QED) is 0.0462. The lowest BCUT2D eigenvalue weighted by atomic mass is 9.90. The van der Waals surface area contributed by atoms with Gasteiger partial charge in [0, 0.05) is 39.0 Å². The fraction of sp³-hybridized carbons (Fsp3) is 0.262. The number of rotatable bonds is 19. The first-order valence-corrected chi connectivity index (χ1v) is 24.6. The van der Waals surface area contributed by atoms with Crippen LogP contribution in [0.2, 0.25) is 0 Å². The molecule has 11 nitrogen and oxygen atoms in total. The van der Waals surface area contributed by atoms with Gasteiger partial charge >= 0.3 is 5.97 Å². The van der Waals surface area contributed by atoms with Crippen LogP contribution in [0.3, 0.4) is 0 Å². The van der Waals surface area contributed by atoms with Crippen molar-refractivity contribution in [3.05, 3.63) is 161 Å². The topological polar surface area (TPSA) is 130 Å². The number of aromatic nitrogens is 4. The molecule has 0 spiro atoms. The molecule has 0 fully saturated rings. The molecule has 6 aromatic carbocycles. The summed E-state index contributed by atoms with van der Waals surface area (Å²) in [6, 6.07) is 42.2. The molecular formula is C61H62N4O7. The summed E-state index contributed by atoms with van der Waals surface area (Å²) in [5, 5.41) is 0. The summed E-state index contributed by atoms with van der Waals surface area (Å²) in [5.41, 5.74) is 15.9. The second kappa shape index (κ2) is 22.4. The van der Waals surface area contributed by atoms with Gasteiger partial charge in [-0.05, 0) is 190 Å². The number of hydrogen-bond acceptors (Lipinski definition) is 9. The van der Waals surface area contributed by atoms with Crippen LogP contribution in [0.25, 0.3) is 67.8 Å². The van der Waals surface area contributed by atoms with Crippen molar-refractivity contribution in [2.24, 2.45) is 0 Å². The van der Waals surface area contributed by atoms with Gasteiger partial charge < -0.3 is 38.4 Å². The number of aromatic amines is 2. The van der Waals surface area contributed by atoms with Crippen molar-refractivity contribution in [3.8, 4) is 96.6 Å². The minimum absolute atomic E-state index is 0.333. The number of aryl methyl sites for hydroxylation is 5. The lowest BCUT2D eigenvalue weighted by Crippen LogP contribution is -2.06. The Kier molecular flexibility index (Phi) is 15.2. The lowest BCUT2D eigenvalue weighted by Gasteiger charge is -2.16. The fourth-order valence-electron chi connectivity index (χ4n) is 9.35. The molecule has 72 heavy (non-hydrogen) atoms. The summed E-state index contributed by atoms with van der Waals surface area (Å²) in [6.45, 7) is 8.36. The molecule has 0 amide bonds. The highest BCUT2D eigenvalue weighted by atomic mass is 16.5. The van der Waals surface area contributed by atoms with Crippen molar-refractivity contribution in [2.45, 2.75) is 65.2 Å². The summed E-state index contributed by atoms with van der Waals surface area (Å²) in [6.07, 6.45) is 6.92. The van der Waals surface area contributed by atoms with Crippen LogP contribution in [0, 0.1) is 6.92 Å². The number of methoxy groups -OCH3 is 4. The minimum atomic E-state index is -0.333. The summed E-state index contributed by atoms with van der Waals surface area (Å²) in [4.78, 5) is 30.0. The number of unbranched alkanes of at least 4 members (excludes halogenated alkanes) is 3. The SMILES string of the molecule is C=C(C)C(=O)OCCCCCCOc1ccc(-c2[nH]c(-c3cc4ccc3CCc3ccc(cc3-c3nc(-c5ccc(OC)c(C)c5)c(-c5ccc(OC)c(OC)c5)[nH]3)CC4)nc2-c2ccc(OC)cc2)cc1. The first-order chi connectivity index (χ1) is 35.1. The van der Waals surface area contributed by atoms with E-state index in [9.17, 15) is 4.79 Å². The van der Waals surface area contributed by atoms with Gasteiger partial charge in [-0.1, -0.05) is 30.8 Å². The molecule has 0 unspecified atom stereocenters. The number of imidazole rings is 2. The van der Waals surface area contributed by atoms with E-state index < -0.39 is 0 Å². The van der Waals surface area contributed by atoms with Crippen molar-refractivity contribution in [1.82, 2.24) is 19.9 Å². The molecule has 2 aromatic heterocycles. The van der Waals surface area contributed by atoms with E-state index in [0.717, 1.165) is 142 Å². The number of ether oxygens (including phenoxy) is 6. The van der Waals surface area contributed by atoms with E-state index in [1.807, 2.05) is 48.5 Å². The van der Waals surface area contributed by atoms with Crippen LogP contribution in [0.5, 0.6) is 28.7 Å². The molecule has 0 saturated carbocycles. The van der Waals surface area contributed by atoms with Crippen molar-refractivity contribution in [1.29, 1.82) is 0 Å². The third kappa shape index (κ3) is 11.0. The first kappa shape index (κ1) is 49.0. The highest BCUT2D eigenvalue weighted by molar-refractivity contribution is 5.87. The maximum atomic E-state index is 11.6. The van der Waals surface area contributed by atoms with E-state index in [4.69, 9.17) is 38.4 Å². The number of nitrogens with zero attached hydrogens (tertiary/aromatic N) is 2. The van der Waals surface area contributed by atoms with Gasteiger partial charge in [0.25, 0.3) is 0 Å². The molecule has 0 atom stereocenters. The molecule has 4 bridgehead atoms. The summed E-state index contributed by atoms with van der Waals surface area (Å²) in [7, 11) is 6.68. The Bertz CT molecular complexity index is 3200. The van der Waals surface area contributed by atoms with E-state index in [1.54, 1.807) is 35.4 Å².